The van der Waals surface area contributed by atoms with E-state index < -0.39 is 5.97 Å². The first-order chi connectivity index (χ1) is 8.97. The summed E-state index contributed by atoms with van der Waals surface area (Å²) in [6.45, 7) is 1.92. The lowest BCUT2D eigenvalue weighted by Gasteiger charge is -2.05. The summed E-state index contributed by atoms with van der Waals surface area (Å²) in [5.41, 5.74) is 7.58. The molecule has 0 aliphatic rings. The highest BCUT2D eigenvalue weighted by Gasteiger charge is 2.11. The first kappa shape index (κ1) is 14.2. The fourth-order valence-corrected chi connectivity index (χ4v) is 3.82. The number of hydrogen-bond acceptors (Lipinski definition) is 4. The normalized spacial score (nSPS) is 10.6. The van der Waals surface area contributed by atoms with Crippen molar-refractivity contribution in [2.45, 2.75) is 17.6 Å². The summed E-state index contributed by atoms with van der Waals surface area (Å²) in [7, 11) is 0. The highest BCUT2D eigenvalue weighted by atomic mass is 35.5. The van der Waals surface area contributed by atoms with Gasteiger partial charge in [0, 0.05) is 26.2 Å². The van der Waals surface area contributed by atoms with Gasteiger partial charge in [0.25, 0.3) is 0 Å². The molecule has 0 aliphatic heterocycles. The quantitative estimate of drug-likeness (QED) is 0.653. The molecule has 1 aromatic heterocycles. The molecule has 0 spiro atoms. The SMILES string of the molecule is Cc1sc(C(=O)O)cc1CSc1cc(Cl)ccc1N. The van der Waals surface area contributed by atoms with Crippen LogP contribution in [0.25, 0.3) is 0 Å². The number of aromatic carboxylic acids is 1. The number of anilines is 1. The van der Waals surface area contributed by atoms with Crippen molar-refractivity contribution in [1.82, 2.24) is 0 Å². The van der Waals surface area contributed by atoms with Gasteiger partial charge < -0.3 is 10.8 Å². The Hall–Kier alpha value is -1.17. The molecule has 0 unspecified atom stereocenters. The molecule has 3 nitrogen and oxygen atoms in total. The highest BCUT2D eigenvalue weighted by molar-refractivity contribution is 7.98. The van der Waals surface area contributed by atoms with Crippen LogP contribution in [0.4, 0.5) is 5.69 Å². The van der Waals surface area contributed by atoms with Crippen molar-refractivity contribution in [3.63, 3.8) is 0 Å². The zero-order chi connectivity index (χ0) is 14.0. The molecular weight excluding hydrogens is 302 g/mol. The summed E-state index contributed by atoms with van der Waals surface area (Å²) in [6.07, 6.45) is 0. The van der Waals surface area contributed by atoms with E-state index in [9.17, 15) is 4.79 Å². The minimum Gasteiger partial charge on any atom is -0.477 e. The summed E-state index contributed by atoms with van der Waals surface area (Å²) in [5, 5.41) is 9.60. The summed E-state index contributed by atoms with van der Waals surface area (Å²) in [6, 6.07) is 7.06. The van der Waals surface area contributed by atoms with Crippen LogP contribution in [0.5, 0.6) is 0 Å². The van der Waals surface area contributed by atoms with E-state index in [1.54, 1.807) is 30.0 Å². The van der Waals surface area contributed by atoms with Crippen molar-refractivity contribution in [3.8, 4) is 0 Å². The Morgan fingerprint density at radius 2 is 2.21 bits per heavy atom. The Balaban J connectivity index is 2.14. The Bertz CT molecular complexity index is 625. The number of hydrogen-bond donors (Lipinski definition) is 2. The first-order valence-electron chi connectivity index (χ1n) is 5.48. The molecule has 1 heterocycles. The maximum atomic E-state index is 10.9. The number of thioether (sulfide) groups is 1. The third-order valence-electron chi connectivity index (χ3n) is 2.59. The minimum absolute atomic E-state index is 0.368. The van der Waals surface area contributed by atoms with Gasteiger partial charge in [0.2, 0.25) is 0 Å². The smallest absolute Gasteiger partial charge is 0.345 e. The third kappa shape index (κ3) is 3.43. The van der Waals surface area contributed by atoms with Crippen molar-refractivity contribution < 1.29 is 9.90 Å². The second kappa shape index (κ2) is 5.86. The number of benzene rings is 1. The van der Waals surface area contributed by atoms with E-state index in [1.807, 2.05) is 13.0 Å². The highest BCUT2D eigenvalue weighted by Crippen LogP contribution is 2.33. The van der Waals surface area contributed by atoms with Gasteiger partial charge in [-0.3, -0.25) is 0 Å². The van der Waals surface area contributed by atoms with Gasteiger partial charge in [0.1, 0.15) is 4.88 Å². The zero-order valence-electron chi connectivity index (χ0n) is 10.1. The number of carboxylic acid groups (broad SMARTS) is 1. The van der Waals surface area contributed by atoms with Crippen molar-refractivity contribution in [1.29, 1.82) is 0 Å². The Labute approximate surface area is 124 Å². The van der Waals surface area contributed by atoms with Crippen LogP contribution in [0.15, 0.2) is 29.2 Å². The van der Waals surface area contributed by atoms with E-state index in [-0.39, 0.29) is 0 Å². The molecule has 0 radical (unpaired) electrons. The number of carbonyl (C=O) groups is 1. The molecule has 0 aliphatic carbocycles. The Morgan fingerprint density at radius 1 is 1.47 bits per heavy atom. The van der Waals surface area contributed by atoms with E-state index >= 15 is 0 Å². The third-order valence-corrected chi connectivity index (χ3v) is 5.03. The predicted molar refractivity (Wildman–Crippen MR) is 81.4 cm³/mol. The van der Waals surface area contributed by atoms with Crippen molar-refractivity contribution >= 4 is 46.4 Å². The second-order valence-corrected chi connectivity index (χ2v) is 6.68. The lowest BCUT2D eigenvalue weighted by molar-refractivity contribution is 0.0702. The summed E-state index contributed by atoms with van der Waals surface area (Å²) in [5.74, 6) is -0.202. The first-order valence-corrected chi connectivity index (χ1v) is 7.66. The van der Waals surface area contributed by atoms with Crippen molar-refractivity contribution in [3.05, 3.63) is 44.6 Å². The van der Waals surface area contributed by atoms with Crippen molar-refractivity contribution in [2.75, 3.05) is 5.73 Å². The van der Waals surface area contributed by atoms with E-state index in [4.69, 9.17) is 22.4 Å². The van der Waals surface area contributed by atoms with Crippen molar-refractivity contribution in [2.24, 2.45) is 0 Å². The van der Waals surface area contributed by atoms with Gasteiger partial charge in [-0.1, -0.05) is 11.6 Å². The number of nitrogen functional groups attached to an aromatic ring is 1. The number of aryl methyl sites for hydroxylation is 1. The van der Waals surface area contributed by atoms with Gasteiger partial charge in [-0.2, -0.15) is 0 Å². The second-order valence-electron chi connectivity index (χ2n) is 3.97. The molecule has 0 amide bonds. The Morgan fingerprint density at radius 3 is 2.84 bits per heavy atom. The molecule has 2 aromatic rings. The summed E-state index contributed by atoms with van der Waals surface area (Å²) < 4.78 is 0. The monoisotopic (exact) mass is 313 g/mol. The largest absolute Gasteiger partial charge is 0.477 e. The van der Waals surface area contributed by atoms with Gasteiger partial charge >= 0.3 is 5.97 Å². The number of carboxylic acids is 1. The molecule has 0 saturated carbocycles. The molecule has 0 fully saturated rings. The topological polar surface area (TPSA) is 63.3 Å². The number of rotatable bonds is 4. The maximum Gasteiger partial charge on any atom is 0.345 e. The predicted octanol–water partition coefficient (Wildman–Crippen LogP) is 4.28. The molecule has 100 valence electrons. The van der Waals surface area contributed by atoms with Gasteiger partial charge in [-0.25, -0.2) is 4.79 Å². The van der Waals surface area contributed by atoms with E-state index in [0.29, 0.717) is 21.3 Å². The molecule has 1 aromatic carbocycles. The standard InChI is InChI=1S/C13H12ClNO2S2/c1-7-8(4-12(19-7)13(16)17)6-18-11-5-9(14)2-3-10(11)15/h2-5H,6,15H2,1H3,(H,16,17). The molecular formula is C13H12ClNO2S2. The molecule has 0 saturated heterocycles. The lowest BCUT2D eigenvalue weighted by Crippen LogP contribution is -1.91. The van der Waals surface area contributed by atoms with Gasteiger partial charge in [0.05, 0.1) is 0 Å². The van der Waals surface area contributed by atoms with Gasteiger partial charge in [0.15, 0.2) is 0 Å². The van der Waals surface area contributed by atoms with Gasteiger partial charge in [-0.05, 0) is 36.8 Å². The van der Waals surface area contributed by atoms with Crippen LogP contribution in [0.1, 0.15) is 20.1 Å². The Kier molecular flexibility index (Phi) is 4.39. The van der Waals surface area contributed by atoms with Crippen LogP contribution < -0.4 is 5.73 Å². The van der Waals surface area contributed by atoms with Crippen LogP contribution >= 0.6 is 34.7 Å². The van der Waals surface area contributed by atoms with Crippen LogP contribution in [-0.4, -0.2) is 11.1 Å². The van der Waals surface area contributed by atoms with E-state index in [1.165, 1.54) is 11.3 Å². The number of thiophene rings is 1. The molecule has 0 atom stereocenters. The average Bonchev–Trinajstić information content (AvgIpc) is 2.72. The summed E-state index contributed by atoms with van der Waals surface area (Å²) >= 11 is 8.78. The summed E-state index contributed by atoms with van der Waals surface area (Å²) in [4.78, 5) is 13.2. The number of nitrogens with two attached hydrogens (primary N) is 1. The number of halogens is 1. The minimum atomic E-state index is -0.883. The molecule has 6 heteroatoms. The molecule has 2 rings (SSSR count). The molecule has 0 bridgehead atoms. The van der Waals surface area contributed by atoms with Crippen LogP contribution in [0.3, 0.4) is 0 Å². The van der Waals surface area contributed by atoms with Gasteiger partial charge in [-0.15, -0.1) is 23.1 Å². The lowest BCUT2D eigenvalue weighted by atomic mass is 10.3. The fourth-order valence-electron chi connectivity index (χ4n) is 1.56. The molecule has 19 heavy (non-hydrogen) atoms. The van der Waals surface area contributed by atoms with E-state index in [0.717, 1.165) is 15.3 Å². The van der Waals surface area contributed by atoms with Crippen LogP contribution in [0, 0.1) is 6.92 Å². The average molecular weight is 314 g/mol. The van der Waals surface area contributed by atoms with Crippen LogP contribution in [-0.2, 0) is 5.75 Å². The fraction of sp³-hybridized carbons (Fsp3) is 0.154. The molecule has 3 N–H and O–H groups in total. The maximum absolute atomic E-state index is 10.9. The zero-order valence-corrected chi connectivity index (χ0v) is 12.5. The van der Waals surface area contributed by atoms with Crippen LogP contribution in [0.2, 0.25) is 5.02 Å². The van der Waals surface area contributed by atoms with E-state index in [2.05, 4.69) is 0 Å².